The van der Waals surface area contributed by atoms with Gasteiger partial charge in [-0.25, -0.2) is 9.79 Å². The van der Waals surface area contributed by atoms with E-state index in [1.54, 1.807) is 19.1 Å². The standard InChI is InChI=1S/C17H14N2O4S/c1-10-13(16(21)22-2)8-12(23-10)9-14-15(20)19-17(24-14)18-11-6-4-3-5-7-11/h3-9H,1-2H3,(H,18,19,20)/b14-9-. The molecule has 6 nitrogen and oxygen atoms in total. The predicted octanol–water partition coefficient (Wildman–Crippen LogP) is 3.27. The van der Waals surface area contributed by atoms with Crippen LogP contribution < -0.4 is 5.32 Å². The molecule has 1 saturated heterocycles. The quantitative estimate of drug-likeness (QED) is 0.684. The molecule has 2 heterocycles. The summed E-state index contributed by atoms with van der Waals surface area (Å²) in [7, 11) is 1.31. The number of rotatable bonds is 3. The molecule has 1 aromatic heterocycles. The minimum Gasteiger partial charge on any atom is -0.465 e. The second-order valence-electron chi connectivity index (χ2n) is 4.93. The highest BCUT2D eigenvalue weighted by Crippen LogP contribution is 2.29. The second-order valence-corrected chi connectivity index (χ2v) is 5.96. The van der Waals surface area contributed by atoms with Gasteiger partial charge >= 0.3 is 5.97 Å². The van der Waals surface area contributed by atoms with E-state index in [4.69, 9.17) is 4.42 Å². The van der Waals surface area contributed by atoms with Crippen LogP contribution in [0.2, 0.25) is 0 Å². The summed E-state index contributed by atoms with van der Waals surface area (Å²) in [4.78, 5) is 28.5. The SMILES string of the molecule is COC(=O)c1cc(/C=C2\SC(=Nc3ccccc3)NC2=O)oc1C. The fraction of sp³-hybridized carbons (Fsp3) is 0.118. The molecular weight excluding hydrogens is 328 g/mol. The van der Waals surface area contributed by atoms with Crippen LogP contribution in [0.25, 0.3) is 6.08 Å². The van der Waals surface area contributed by atoms with Crippen molar-refractivity contribution in [2.24, 2.45) is 4.99 Å². The van der Waals surface area contributed by atoms with Gasteiger partial charge in [0.1, 0.15) is 17.1 Å². The number of furan rings is 1. The highest BCUT2D eigenvalue weighted by Gasteiger charge is 2.25. The first-order valence-corrected chi connectivity index (χ1v) is 7.92. The van der Waals surface area contributed by atoms with Crippen molar-refractivity contribution in [2.75, 3.05) is 7.11 Å². The Morgan fingerprint density at radius 3 is 2.79 bits per heavy atom. The number of carbonyl (C=O) groups is 2. The van der Waals surface area contributed by atoms with Gasteiger partial charge in [0.15, 0.2) is 5.17 Å². The van der Waals surface area contributed by atoms with Gasteiger partial charge in [-0.3, -0.25) is 4.79 Å². The van der Waals surface area contributed by atoms with E-state index in [0.29, 0.717) is 27.2 Å². The zero-order chi connectivity index (χ0) is 17.1. The molecule has 2 aromatic rings. The molecule has 0 spiro atoms. The number of hydrogen-bond donors (Lipinski definition) is 1. The van der Waals surface area contributed by atoms with Crippen LogP contribution in [0.4, 0.5) is 5.69 Å². The van der Waals surface area contributed by atoms with Crippen molar-refractivity contribution < 1.29 is 18.7 Å². The van der Waals surface area contributed by atoms with Crippen molar-refractivity contribution in [3.05, 3.63) is 58.4 Å². The van der Waals surface area contributed by atoms with Gasteiger partial charge in [0.05, 0.1) is 17.7 Å². The number of aliphatic imine (C=N–C) groups is 1. The molecule has 1 N–H and O–H groups in total. The maximum atomic E-state index is 12.0. The van der Waals surface area contributed by atoms with Crippen LogP contribution in [0.15, 0.2) is 50.7 Å². The Morgan fingerprint density at radius 2 is 2.08 bits per heavy atom. The van der Waals surface area contributed by atoms with Crippen molar-refractivity contribution in [2.45, 2.75) is 6.92 Å². The number of ether oxygens (including phenoxy) is 1. The number of para-hydroxylation sites is 1. The van der Waals surface area contributed by atoms with Crippen LogP contribution in [0.3, 0.4) is 0 Å². The van der Waals surface area contributed by atoms with Crippen LogP contribution in [0.5, 0.6) is 0 Å². The van der Waals surface area contributed by atoms with Crippen LogP contribution in [0, 0.1) is 6.92 Å². The summed E-state index contributed by atoms with van der Waals surface area (Å²) in [6.07, 6.45) is 1.58. The molecule has 0 aliphatic carbocycles. The van der Waals surface area contributed by atoms with Gasteiger partial charge in [0, 0.05) is 6.08 Å². The first-order chi connectivity index (χ1) is 11.6. The summed E-state index contributed by atoms with van der Waals surface area (Å²) in [5, 5.41) is 3.19. The molecule has 1 fully saturated rings. The van der Waals surface area contributed by atoms with Gasteiger partial charge in [-0.1, -0.05) is 18.2 Å². The van der Waals surface area contributed by atoms with Crippen LogP contribution >= 0.6 is 11.8 Å². The fourth-order valence-electron chi connectivity index (χ4n) is 2.12. The molecule has 0 saturated carbocycles. The third-order valence-corrected chi connectivity index (χ3v) is 4.16. The Morgan fingerprint density at radius 1 is 1.33 bits per heavy atom. The number of methoxy groups -OCH3 is 1. The Kier molecular flexibility index (Phi) is 4.52. The maximum Gasteiger partial charge on any atom is 0.341 e. The zero-order valence-electron chi connectivity index (χ0n) is 13.0. The molecule has 24 heavy (non-hydrogen) atoms. The molecule has 0 bridgehead atoms. The lowest BCUT2D eigenvalue weighted by molar-refractivity contribution is -0.115. The van der Waals surface area contributed by atoms with Crippen molar-refractivity contribution >= 4 is 40.6 Å². The molecule has 1 aliphatic rings. The molecule has 0 radical (unpaired) electrons. The van der Waals surface area contributed by atoms with Crippen LogP contribution in [-0.2, 0) is 9.53 Å². The Balaban J connectivity index is 1.83. The molecule has 3 rings (SSSR count). The number of benzene rings is 1. The molecule has 1 amide bonds. The number of hydrogen-bond acceptors (Lipinski definition) is 6. The summed E-state index contributed by atoms with van der Waals surface area (Å²) < 4.78 is 10.2. The number of aryl methyl sites for hydroxylation is 1. The molecule has 1 aromatic carbocycles. The first kappa shape index (κ1) is 16.1. The lowest BCUT2D eigenvalue weighted by atomic mass is 10.2. The lowest BCUT2D eigenvalue weighted by Crippen LogP contribution is -2.19. The predicted molar refractivity (Wildman–Crippen MR) is 92.0 cm³/mol. The molecule has 122 valence electrons. The fourth-order valence-corrected chi connectivity index (χ4v) is 2.94. The van der Waals surface area contributed by atoms with Gasteiger partial charge in [0.2, 0.25) is 0 Å². The second kappa shape index (κ2) is 6.76. The minimum absolute atomic E-state index is 0.261. The summed E-state index contributed by atoms with van der Waals surface area (Å²) in [6.45, 7) is 1.67. The van der Waals surface area contributed by atoms with Crippen molar-refractivity contribution in [3.8, 4) is 0 Å². The van der Waals surface area contributed by atoms with Gasteiger partial charge in [-0.2, -0.15) is 0 Å². The van der Waals surface area contributed by atoms with Crippen molar-refractivity contribution in [3.63, 3.8) is 0 Å². The molecule has 0 unspecified atom stereocenters. The summed E-state index contributed by atoms with van der Waals surface area (Å²) in [6, 6.07) is 10.9. The van der Waals surface area contributed by atoms with E-state index in [1.807, 2.05) is 30.3 Å². The summed E-state index contributed by atoms with van der Waals surface area (Å²) >= 11 is 1.21. The zero-order valence-corrected chi connectivity index (χ0v) is 13.8. The van der Waals surface area contributed by atoms with E-state index < -0.39 is 5.97 Å². The third-order valence-electron chi connectivity index (χ3n) is 3.25. The van der Waals surface area contributed by atoms with Gasteiger partial charge in [-0.05, 0) is 36.9 Å². The minimum atomic E-state index is -0.476. The lowest BCUT2D eigenvalue weighted by Gasteiger charge is -1.94. The van der Waals surface area contributed by atoms with E-state index in [9.17, 15) is 9.59 Å². The maximum absolute atomic E-state index is 12.0. The van der Waals surface area contributed by atoms with Gasteiger partial charge in [0.25, 0.3) is 5.91 Å². The number of amidine groups is 1. The Labute approximate surface area is 142 Å². The summed E-state index contributed by atoms with van der Waals surface area (Å²) in [5.41, 5.74) is 1.09. The number of thioether (sulfide) groups is 1. The number of nitrogens with zero attached hydrogens (tertiary/aromatic N) is 1. The highest BCUT2D eigenvalue weighted by atomic mass is 32.2. The number of carbonyl (C=O) groups excluding carboxylic acids is 2. The van der Waals surface area contributed by atoms with E-state index in [1.165, 1.54) is 18.9 Å². The van der Waals surface area contributed by atoms with E-state index in [0.717, 1.165) is 5.69 Å². The first-order valence-electron chi connectivity index (χ1n) is 7.10. The van der Waals surface area contributed by atoms with E-state index >= 15 is 0 Å². The number of nitrogens with one attached hydrogen (secondary N) is 1. The third kappa shape index (κ3) is 3.41. The van der Waals surface area contributed by atoms with Crippen molar-refractivity contribution in [1.82, 2.24) is 5.32 Å². The van der Waals surface area contributed by atoms with E-state index in [-0.39, 0.29) is 5.91 Å². The van der Waals surface area contributed by atoms with Gasteiger partial charge in [-0.15, -0.1) is 0 Å². The van der Waals surface area contributed by atoms with E-state index in [2.05, 4.69) is 15.0 Å². The largest absolute Gasteiger partial charge is 0.465 e. The molecule has 7 heteroatoms. The van der Waals surface area contributed by atoms with Crippen LogP contribution in [-0.4, -0.2) is 24.2 Å². The molecule has 0 atom stereocenters. The highest BCUT2D eigenvalue weighted by molar-refractivity contribution is 8.18. The molecule has 1 aliphatic heterocycles. The average molecular weight is 342 g/mol. The van der Waals surface area contributed by atoms with Gasteiger partial charge < -0.3 is 14.5 Å². The topological polar surface area (TPSA) is 80.9 Å². The smallest absolute Gasteiger partial charge is 0.341 e. The normalized spacial score (nSPS) is 17.3. The number of amides is 1. The van der Waals surface area contributed by atoms with Crippen molar-refractivity contribution in [1.29, 1.82) is 0 Å². The van der Waals surface area contributed by atoms with Crippen LogP contribution in [0.1, 0.15) is 21.9 Å². The number of esters is 1. The summed E-state index contributed by atoms with van der Waals surface area (Å²) in [5.74, 6) is 0.112. The monoisotopic (exact) mass is 342 g/mol. The average Bonchev–Trinajstić information content (AvgIpc) is 3.10. The Bertz CT molecular complexity index is 853. The molecular formula is C17H14N2O4S. The Hall–Kier alpha value is -2.80.